The largest absolute Gasteiger partial charge is 0.366 e. The van der Waals surface area contributed by atoms with Crippen LogP contribution in [0, 0.1) is 0 Å². The van der Waals surface area contributed by atoms with Crippen LogP contribution in [0.25, 0.3) is 0 Å². The minimum atomic E-state index is -1.50. The second kappa shape index (κ2) is 6.23. The highest BCUT2D eigenvalue weighted by Gasteiger charge is 2.35. The van der Waals surface area contributed by atoms with Gasteiger partial charge in [-0.3, -0.25) is 0 Å². The third-order valence-corrected chi connectivity index (χ3v) is 7.94. The first-order valence-electron chi connectivity index (χ1n) is 8.00. The predicted octanol–water partition coefficient (Wildman–Crippen LogP) is 4.69. The maximum Gasteiger partial charge on any atom is 0.0870 e. The molecule has 0 saturated carbocycles. The molecule has 0 aliphatic carbocycles. The molecule has 0 spiro atoms. The quantitative estimate of drug-likeness (QED) is 0.588. The molecule has 2 atom stereocenters. The Morgan fingerprint density at radius 2 is 1.59 bits per heavy atom. The first-order valence-corrected chi connectivity index (χ1v) is 11.2. The topological polar surface area (TPSA) is 9.23 Å². The van der Waals surface area contributed by atoms with Gasteiger partial charge in [-0.05, 0) is 17.2 Å². The van der Waals surface area contributed by atoms with Gasteiger partial charge in [-0.25, -0.2) is 0 Å². The molecule has 0 N–H and O–H groups in total. The number of rotatable bonds is 4. The fourth-order valence-electron chi connectivity index (χ4n) is 3.24. The standard InChI is InChI=1S/C20H24OSi/c1-16-14-19(17-10-6-4-7-11-17)21-20(16)15-22(2,3)18-12-8-5-9-13-18/h4-13,19-20H,1,14-15H2,2-3H3/t19-,20+/m0/s1. The Kier molecular flexibility index (Phi) is 4.32. The molecule has 3 rings (SSSR count). The Labute approximate surface area is 134 Å². The molecule has 0 unspecified atom stereocenters. The van der Waals surface area contributed by atoms with E-state index in [1.807, 2.05) is 0 Å². The SMILES string of the molecule is C=C1C[C@@H](c2ccccc2)O[C@@H]1C[Si](C)(C)c1ccccc1. The Bertz CT molecular complexity index is 633. The van der Waals surface area contributed by atoms with Gasteiger partial charge < -0.3 is 4.74 Å². The van der Waals surface area contributed by atoms with Gasteiger partial charge in [0.25, 0.3) is 0 Å². The van der Waals surface area contributed by atoms with Crippen molar-refractivity contribution in [2.24, 2.45) is 0 Å². The van der Waals surface area contributed by atoms with Crippen LogP contribution in [0.4, 0.5) is 0 Å². The summed E-state index contributed by atoms with van der Waals surface area (Å²) in [5.74, 6) is 0. The van der Waals surface area contributed by atoms with Gasteiger partial charge >= 0.3 is 0 Å². The van der Waals surface area contributed by atoms with Crippen LogP contribution in [-0.2, 0) is 4.74 Å². The van der Waals surface area contributed by atoms with E-state index < -0.39 is 8.07 Å². The summed E-state index contributed by atoms with van der Waals surface area (Å²) in [6, 6.07) is 22.5. The van der Waals surface area contributed by atoms with Crippen molar-refractivity contribution in [2.75, 3.05) is 0 Å². The van der Waals surface area contributed by atoms with Crippen LogP contribution >= 0.6 is 0 Å². The normalized spacial score (nSPS) is 22.0. The summed E-state index contributed by atoms with van der Waals surface area (Å²) >= 11 is 0. The Morgan fingerprint density at radius 1 is 1.00 bits per heavy atom. The van der Waals surface area contributed by atoms with E-state index >= 15 is 0 Å². The van der Waals surface area contributed by atoms with Crippen LogP contribution in [0.3, 0.4) is 0 Å². The molecule has 0 amide bonds. The van der Waals surface area contributed by atoms with Crippen LogP contribution < -0.4 is 5.19 Å². The average molecular weight is 308 g/mol. The van der Waals surface area contributed by atoms with Crippen LogP contribution in [0.2, 0.25) is 19.1 Å². The Morgan fingerprint density at radius 3 is 2.23 bits per heavy atom. The van der Waals surface area contributed by atoms with Gasteiger partial charge in [0.2, 0.25) is 0 Å². The maximum atomic E-state index is 6.35. The summed E-state index contributed by atoms with van der Waals surface area (Å²) < 4.78 is 6.35. The van der Waals surface area contributed by atoms with Crippen LogP contribution in [0.1, 0.15) is 18.1 Å². The molecule has 22 heavy (non-hydrogen) atoms. The number of ether oxygens (including phenoxy) is 1. The lowest BCUT2D eigenvalue weighted by molar-refractivity contribution is 0.0616. The molecule has 1 aliphatic heterocycles. The number of benzene rings is 2. The Balaban J connectivity index is 1.72. The van der Waals surface area contributed by atoms with Gasteiger partial charge in [0.05, 0.1) is 20.3 Å². The molecule has 1 saturated heterocycles. The third-order valence-electron chi connectivity index (χ3n) is 4.65. The van der Waals surface area contributed by atoms with Crippen molar-refractivity contribution in [3.63, 3.8) is 0 Å². The average Bonchev–Trinajstić information content (AvgIpc) is 2.89. The molecule has 1 heterocycles. The van der Waals surface area contributed by atoms with E-state index in [0.717, 1.165) is 12.5 Å². The zero-order valence-corrected chi connectivity index (χ0v) is 14.5. The lowest BCUT2D eigenvalue weighted by atomic mass is 10.0. The first-order chi connectivity index (χ1) is 10.6. The Hall–Kier alpha value is -1.64. The molecule has 114 valence electrons. The predicted molar refractivity (Wildman–Crippen MR) is 96.2 cm³/mol. The minimum absolute atomic E-state index is 0.180. The lowest BCUT2D eigenvalue weighted by Crippen LogP contribution is -2.44. The highest BCUT2D eigenvalue weighted by molar-refractivity contribution is 6.89. The fraction of sp³-hybridized carbons (Fsp3) is 0.300. The van der Waals surface area contributed by atoms with E-state index in [1.54, 1.807) is 0 Å². The van der Waals surface area contributed by atoms with E-state index in [-0.39, 0.29) is 12.2 Å². The van der Waals surface area contributed by atoms with Crippen molar-refractivity contribution in [1.29, 1.82) is 0 Å². The molecule has 2 aromatic carbocycles. The molecule has 1 fully saturated rings. The molecular weight excluding hydrogens is 284 g/mol. The van der Waals surface area contributed by atoms with Gasteiger partial charge in [-0.15, -0.1) is 0 Å². The third kappa shape index (κ3) is 3.23. The van der Waals surface area contributed by atoms with Gasteiger partial charge in [-0.1, -0.05) is 85.5 Å². The highest BCUT2D eigenvalue weighted by Crippen LogP contribution is 2.38. The van der Waals surface area contributed by atoms with Gasteiger partial charge in [-0.2, -0.15) is 0 Å². The van der Waals surface area contributed by atoms with Crippen molar-refractivity contribution < 1.29 is 4.74 Å². The van der Waals surface area contributed by atoms with E-state index in [9.17, 15) is 0 Å². The smallest absolute Gasteiger partial charge is 0.0870 e. The van der Waals surface area contributed by atoms with Crippen molar-refractivity contribution in [2.45, 2.75) is 37.8 Å². The first kappa shape index (κ1) is 15.3. The zero-order valence-electron chi connectivity index (χ0n) is 13.5. The van der Waals surface area contributed by atoms with Crippen LogP contribution in [0.5, 0.6) is 0 Å². The fourth-order valence-corrected chi connectivity index (χ4v) is 5.88. The van der Waals surface area contributed by atoms with E-state index in [2.05, 4.69) is 80.3 Å². The number of hydrogen-bond donors (Lipinski definition) is 0. The monoisotopic (exact) mass is 308 g/mol. The highest BCUT2D eigenvalue weighted by atomic mass is 28.3. The summed E-state index contributed by atoms with van der Waals surface area (Å²) in [6.07, 6.45) is 1.33. The molecule has 2 heteroatoms. The van der Waals surface area contributed by atoms with Gasteiger partial charge in [0.15, 0.2) is 0 Å². The second-order valence-electron chi connectivity index (χ2n) is 6.84. The minimum Gasteiger partial charge on any atom is -0.366 e. The summed E-state index contributed by atoms with van der Waals surface area (Å²) in [4.78, 5) is 0. The van der Waals surface area contributed by atoms with E-state index in [4.69, 9.17) is 4.74 Å². The van der Waals surface area contributed by atoms with Crippen molar-refractivity contribution in [3.8, 4) is 0 Å². The second-order valence-corrected chi connectivity index (χ2v) is 11.6. The molecule has 1 nitrogen and oxygen atoms in total. The molecule has 0 radical (unpaired) electrons. The van der Waals surface area contributed by atoms with Gasteiger partial charge in [0, 0.05) is 6.42 Å². The van der Waals surface area contributed by atoms with Crippen molar-refractivity contribution >= 4 is 13.3 Å². The van der Waals surface area contributed by atoms with E-state index in [1.165, 1.54) is 16.3 Å². The zero-order chi connectivity index (χ0) is 15.6. The summed E-state index contributed by atoms with van der Waals surface area (Å²) in [5.41, 5.74) is 2.52. The molecular formula is C20H24OSi. The summed E-state index contributed by atoms with van der Waals surface area (Å²) in [5, 5.41) is 1.49. The summed E-state index contributed by atoms with van der Waals surface area (Å²) in [6.45, 7) is 9.14. The molecule has 0 aromatic heterocycles. The molecule has 0 bridgehead atoms. The van der Waals surface area contributed by atoms with Gasteiger partial charge in [0.1, 0.15) is 0 Å². The number of hydrogen-bond acceptors (Lipinski definition) is 1. The lowest BCUT2D eigenvalue weighted by Gasteiger charge is -2.27. The van der Waals surface area contributed by atoms with Crippen LogP contribution in [0.15, 0.2) is 72.8 Å². The molecule has 2 aromatic rings. The maximum absolute atomic E-state index is 6.35. The van der Waals surface area contributed by atoms with Crippen molar-refractivity contribution in [1.82, 2.24) is 0 Å². The van der Waals surface area contributed by atoms with Crippen molar-refractivity contribution in [3.05, 3.63) is 78.4 Å². The van der Waals surface area contributed by atoms with Crippen LogP contribution in [-0.4, -0.2) is 14.2 Å². The summed E-state index contributed by atoms with van der Waals surface area (Å²) in [7, 11) is -1.50. The molecule has 1 aliphatic rings. The van der Waals surface area contributed by atoms with E-state index in [0.29, 0.717) is 0 Å².